The molecule has 0 aromatic heterocycles. The van der Waals surface area contributed by atoms with Crippen molar-refractivity contribution >= 4 is 5.91 Å². The molecule has 1 rings (SSSR count). The Hall–Kier alpha value is -1.55. The number of methoxy groups -OCH3 is 1. The number of ether oxygens (including phenoxy) is 1. The van der Waals surface area contributed by atoms with E-state index in [1.165, 1.54) is 11.1 Å². The minimum atomic E-state index is -0.292. The van der Waals surface area contributed by atoms with Crippen molar-refractivity contribution in [2.24, 2.45) is 5.73 Å². The standard InChI is InChI=1S/C15H24N2O2/c1-11(2)13-9-12(5-6-14(13)19-4)7-8-17(3)10-15(16)18/h5-6,9,11H,7-8,10H2,1-4H3,(H2,16,18). The van der Waals surface area contributed by atoms with E-state index < -0.39 is 0 Å². The second-order valence-corrected chi connectivity index (χ2v) is 5.19. The Morgan fingerprint density at radius 1 is 1.42 bits per heavy atom. The Labute approximate surface area is 115 Å². The van der Waals surface area contributed by atoms with E-state index in [4.69, 9.17) is 10.5 Å². The molecule has 1 aromatic carbocycles. The zero-order valence-electron chi connectivity index (χ0n) is 12.3. The molecule has 0 saturated heterocycles. The maximum atomic E-state index is 10.8. The van der Waals surface area contributed by atoms with Gasteiger partial charge in [0.2, 0.25) is 5.91 Å². The molecule has 4 nitrogen and oxygen atoms in total. The van der Waals surface area contributed by atoms with E-state index in [1.807, 2.05) is 18.0 Å². The first-order valence-corrected chi connectivity index (χ1v) is 6.57. The number of amides is 1. The summed E-state index contributed by atoms with van der Waals surface area (Å²) in [5.41, 5.74) is 7.64. The molecule has 1 amide bonds. The van der Waals surface area contributed by atoms with Gasteiger partial charge in [0, 0.05) is 6.54 Å². The number of nitrogens with two attached hydrogens (primary N) is 1. The monoisotopic (exact) mass is 264 g/mol. The highest BCUT2D eigenvalue weighted by atomic mass is 16.5. The molecule has 0 aliphatic heterocycles. The van der Waals surface area contributed by atoms with Crippen LogP contribution < -0.4 is 10.5 Å². The molecule has 0 fully saturated rings. The highest BCUT2D eigenvalue weighted by Crippen LogP contribution is 2.27. The second-order valence-electron chi connectivity index (χ2n) is 5.19. The van der Waals surface area contributed by atoms with E-state index in [9.17, 15) is 4.79 Å². The number of rotatable bonds is 7. The molecule has 1 aromatic rings. The molecule has 0 aliphatic carbocycles. The first kappa shape index (κ1) is 15.5. The molecule has 0 saturated carbocycles. The van der Waals surface area contributed by atoms with Gasteiger partial charge in [-0.05, 0) is 36.6 Å². The third kappa shape index (κ3) is 4.91. The van der Waals surface area contributed by atoms with Gasteiger partial charge >= 0.3 is 0 Å². The number of carbonyl (C=O) groups is 1. The Bertz CT molecular complexity index is 430. The highest BCUT2D eigenvalue weighted by Gasteiger charge is 2.09. The van der Waals surface area contributed by atoms with Crippen LogP contribution in [-0.4, -0.2) is 38.1 Å². The van der Waals surface area contributed by atoms with Gasteiger partial charge in [-0.2, -0.15) is 0 Å². The topological polar surface area (TPSA) is 55.6 Å². The van der Waals surface area contributed by atoms with E-state index in [2.05, 4.69) is 26.0 Å². The second kappa shape index (κ2) is 7.14. The normalized spacial score (nSPS) is 11.1. The fourth-order valence-corrected chi connectivity index (χ4v) is 2.06. The van der Waals surface area contributed by atoms with Crippen LogP contribution in [0, 0.1) is 0 Å². The third-order valence-corrected chi connectivity index (χ3v) is 3.12. The van der Waals surface area contributed by atoms with Crippen molar-refractivity contribution in [3.8, 4) is 5.75 Å². The fraction of sp³-hybridized carbons (Fsp3) is 0.533. The summed E-state index contributed by atoms with van der Waals surface area (Å²) >= 11 is 0. The van der Waals surface area contributed by atoms with Gasteiger partial charge < -0.3 is 10.5 Å². The molecule has 19 heavy (non-hydrogen) atoms. The van der Waals surface area contributed by atoms with Gasteiger partial charge in [0.15, 0.2) is 0 Å². The van der Waals surface area contributed by atoms with Crippen LogP contribution >= 0.6 is 0 Å². The van der Waals surface area contributed by atoms with Crippen molar-refractivity contribution in [2.75, 3.05) is 27.2 Å². The summed E-state index contributed by atoms with van der Waals surface area (Å²) in [6, 6.07) is 6.27. The van der Waals surface area contributed by atoms with Gasteiger partial charge in [-0.3, -0.25) is 9.69 Å². The molecule has 0 spiro atoms. The zero-order valence-corrected chi connectivity index (χ0v) is 12.3. The third-order valence-electron chi connectivity index (χ3n) is 3.12. The van der Waals surface area contributed by atoms with Gasteiger partial charge in [-0.15, -0.1) is 0 Å². The molecule has 106 valence electrons. The minimum Gasteiger partial charge on any atom is -0.496 e. The van der Waals surface area contributed by atoms with Crippen LogP contribution in [0.4, 0.5) is 0 Å². The molecule has 0 heterocycles. The number of primary amides is 1. The van der Waals surface area contributed by atoms with Gasteiger partial charge in [0.05, 0.1) is 13.7 Å². The van der Waals surface area contributed by atoms with Crippen molar-refractivity contribution in [2.45, 2.75) is 26.2 Å². The molecule has 0 radical (unpaired) electrons. The maximum absolute atomic E-state index is 10.8. The van der Waals surface area contributed by atoms with Crippen molar-refractivity contribution < 1.29 is 9.53 Å². The Kier molecular flexibility index (Phi) is 5.83. The number of nitrogens with zero attached hydrogens (tertiary/aromatic N) is 1. The average Bonchev–Trinajstić information content (AvgIpc) is 2.35. The SMILES string of the molecule is COc1ccc(CCN(C)CC(N)=O)cc1C(C)C. The van der Waals surface area contributed by atoms with E-state index in [-0.39, 0.29) is 5.91 Å². The van der Waals surface area contributed by atoms with E-state index in [1.54, 1.807) is 7.11 Å². The van der Waals surface area contributed by atoms with Crippen molar-refractivity contribution in [1.29, 1.82) is 0 Å². The molecule has 0 unspecified atom stereocenters. The zero-order chi connectivity index (χ0) is 14.4. The number of carbonyl (C=O) groups excluding carboxylic acids is 1. The van der Waals surface area contributed by atoms with Crippen LogP contribution in [0.25, 0.3) is 0 Å². The predicted octanol–water partition coefficient (Wildman–Crippen LogP) is 1.78. The van der Waals surface area contributed by atoms with Gasteiger partial charge in [-0.25, -0.2) is 0 Å². The number of likely N-dealkylation sites (N-methyl/N-ethyl adjacent to an activating group) is 1. The minimum absolute atomic E-state index is 0.292. The van der Waals surface area contributed by atoms with Gasteiger partial charge in [0.1, 0.15) is 5.75 Å². The molecule has 0 bridgehead atoms. The van der Waals surface area contributed by atoms with Crippen LogP contribution in [0.15, 0.2) is 18.2 Å². The highest BCUT2D eigenvalue weighted by molar-refractivity contribution is 5.75. The lowest BCUT2D eigenvalue weighted by Crippen LogP contribution is -2.32. The van der Waals surface area contributed by atoms with E-state index in [0.29, 0.717) is 12.5 Å². The molecule has 0 aliphatic rings. The quantitative estimate of drug-likeness (QED) is 0.816. The number of benzene rings is 1. The summed E-state index contributed by atoms with van der Waals surface area (Å²) in [6.45, 7) is 5.42. The van der Waals surface area contributed by atoms with Gasteiger partial charge in [0.25, 0.3) is 0 Å². The van der Waals surface area contributed by atoms with Crippen LogP contribution in [0.5, 0.6) is 5.75 Å². The van der Waals surface area contributed by atoms with E-state index in [0.717, 1.165) is 18.7 Å². The maximum Gasteiger partial charge on any atom is 0.231 e. The Morgan fingerprint density at radius 2 is 2.11 bits per heavy atom. The summed E-state index contributed by atoms with van der Waals surface area (Å²) in [5, 5.41) is 0. The predicted molar refractivity (Wildman–Crippen MR) is 77.5 cm³/mol. The van der Waals surface area contributed by atoms with Crippen LogP contribution in [0.1, 0.15) is 30.9 Å². The van der Waals surface area contributed by atoms with Crippen molar-refractivity contribution in [3.05, 3.63) is 29.3 Å². The lowest BCUT2D eigenvalue weighted by molar-refractivity contribution is -0.118. The van der Waals surface area contributed by atoms with Crippen molar-refractivity contribution in [3.63, 3.8) is 0 Å². The van der Waals surface area contributed by atoms with Gasteiger partial charge in [-0.1, -0.05) is 26.0 Å². The average molecular weight is 264 g/mol. The van der Waals surface area contributed by atoms with E-state index >= 15 is 0 Å². The smallest absolute Gasteiger partial charge is 0.231 e. The molecular weight excluding hydrogens is 240 g/mol. The number of hydrogen-bond donors (Lipinski definition) is 1. The lowest BCUT2D eigenvalue weighted by Gasteiger charge is -2.16. The molecular formula is C15H24N2O2. The van der Waals surface area contributed by atoms with Crippen LogP contribution in [0.2, 0.25) is 0 Å². The summed E-state index contributed by atoms with van der Waals surface area (Å²) < 4.78 is 5.37. The lowest BCUT2D eigenvalue weighted by atomic mass is 9.98. The van der Waals surface area contributed by atoms with Crippen LogP contribution in [0.3, 0.4) is 0 Å². The first-order valence-electron chi connectivity index (χ1n) is 6.57. The summed E-state index contributed by atoms with van der Waals surface area (Å²) in [7, 11) is 3.60. The Balaban J connectivity index is 2.69. The first-order chi connectivity index (χ1) is 8.93. The summed E-state index contributed by atoms with van der Waals surface area (Å²) in [6.07, 6.45) is 0.896. The Morgan fingerprint density at radius 3 is 2.63 bits per heavy atom. The summed E-state index contributed by atoms with van der Waals surface area (Å²) in [4.78, 5) is 12.7. The largest absolute Gasteiger partial charge is 0.496 e. The van der Waals surface area contributed by atoms with Crippen molar-refractivity contribution in [1.82, 2.24) is 4.90 Å². The summed E-state index contributed by atoms with van der Waals surface area (Å²) in [5.74, 6) is 1.07. The van der Waals surface area contributed by atoms with Crippen LogP contribution in [-0.2, 0) is 11.2 Å². The molecule has 2 N–H and O–H groups in total. The fourth-order valence-electron chi connectivity index (χ4n) is 2.06. The number of hydrogen-bond acceptors (Lipinski definition) is 3. The molecule has 0 atom stereocenters. The molecule has 4 heteroatoms.